The Labute approximate surface area is 77.3 Å². The highest BCUT2D eigenvalue weighted by Gasteiger charge is 2.22. The number of ether oxygens (including phenoxy) is 1. The predicted molar refractivity (Wildman–Crippen MR) is 50.0 cm³/mol. The highest BCUT2D eigenvalue weighted by molar-refractivity contribution is 6.31. The van der Waals surface area contributed by atoms with Crippen LogP contribution in [-0.2, 0) is 10.5 Å². The Bertz CT molecular complexity index is 273. The van der Waals surface area contributed by atoms with Crippen LogP contribution in [-0.4, -0.2) is 7.11 Å². The zero-order valence-corrected chi connectivity index (χ0v) is 7.93. The van der Waals surface area contributed by atoms with Crippen LogP contribution in [0.15, 0.2) is 24.3 Å². The summed E-state index contributed by atoms with van der Waals surface area (Å²) in [7, 11) is 1.56. The van der Waals surface area contributed by atoms with Gasteiger partial charge in [-0.2, -0.15) is 0 Å². The molecule has 3 heteroatoms. The van der Waals surface area contributed by atoms with Gasteiger partial charge in [0.2, 0.25) is 0 Å². The molecule has 0 aliphatic rings. The van der Waals surface area contributed by atoms with Crippen LogP contribution >= 0.6 is 11.6 Å². The third-order valence-electron chi connectivity index (χ3n) is 1.83. The molecule has 0 saturated carbocycles. The van der Waals surface area contributed by atoms with Crippen molar-refractivity contribution in [2.24, 2.45) is 5.73 Å². The first-order valence-corrected chi connectivity index (χ1v) is 4.05. The van der Waals surface area contributed by atoms with Crippen LogP contribution in [0.5, 0.6) is 0 Å². The second-order valence-corrected chi connectivity index (χ2v) is 3.20. The first kappa shape index (κ1) is 9.52. The van der Waals surface area contributed by atoms with Crippen molar-refractivity contribution < 1.29 is 4.74 Å². The lowest BCUT2D eigenvalue weighted by molar-refractivity contribution is 0.00778. The van der Waals surface area contributed by atoms with Crippen LogP contribution < -0.4 is 5.73 Å². The highest BCUT2D eigenvalue weighted by Crippen LogP contribution is 2.25. The summed E-state index contributed by atoms with van der Waals surface area (Å²) in [6.45, 7) is 1.77. The fraction of sp³-hybridized carbons (Fsp3) is 0.333. The fourth-order valence-corrected chi connectivity index (χ4v) is 1.30. The summed E-state index contributed by atoms with van der Waals surface area (Å²) >= 11 is 5.93. The third-order valence-corrected chi connectivity index (χ3v) is 2.16. The van der Waals surface area contributed by atoms with Crippen molar-refractivity contribution in [3.8, 4) is 0 Å². The van der Waals surface area contributed by atoms with Crippen LogP contribution in [0.3, 0.4) is 0 Å². The average Bonchev–Trinajstić information content (AvgIpc) is 2.05. The van der Waals surface area contributed by atoms with E-state index in [0.717, 1.165) is 5.56 Å². The van der Waals surface area contributed by atoms with Gasteiger partial charge in [0.1, 0.15) is 5.72 Å². The molecule has 0 aliphatic heterocycles. The standard InChI is InChI=1S/C9H12ClNO/c1-9(11,12-2)7-5-3-4-6-8(7)10/h3-6H,11H2,1-2H3. The van der Waals surface area contributed by atoms with Gasteiger partial charge in [0.15, 0.2) is 0 Å². The van der Waals surface area contributed by atoms with E-state index in [0.29, 0.717) is 5.02 Å². The minimum absolute atomic E-state index is 0.629. The number of hydrogen-bond donors (Lipinski definition) is 1. The number of rotatable bonds is 2. The SMILES string of the molecule is COC(C)(N)c1ccccc1Cl. The Kier molecular flexibility index (Phi) is 2.73. The van der Waals surface area contributed by atoms with E-state index >= 15 is 0 Å². The van der Waals surface area contributed by atoms with Crippen molar-refractivity contribution in [3.63, 3.8) is 0 Å². The van der Waals surface area contributed by atoms with Crippen molar-refractivity contribution in [1.82, 2.24) is 0 Å². The predicted octanol–water partition coefficient (Wildman–Crippen LogP) is 2.12. The molecule has 2 N–H and O–H groups in total. The van der Waals surface area contributed by atoms with Gasteiger partial charge in [-0.15, -0.1) is 0 Å². The third kappa shape index (κ3) is 1.78. The Morgan fingerprint density at radius 2 is 2.00 bits per heavy atom. The second kappa shape index (κ2) is 3.44. The number of nitrogens with two attached hydrogens (primary N) is 1. The van der Waals surface area contributed by atoms with Crippen molar-refractivity contribution in [2.45, 2.75) is 12.6 Å². The molecule has 0 aliphatic carbocycles. The summed E-state index contributed by atoms with van der Waals surface area (Å²) in [5.74, 6) is 0. The Morgan fingerprint density at radius 3 is 2.50 bits per heavy atom. The van der Waals surface area contributed by atoms with E-state index in [-0.39, 0.29) is 0 Å². The Hall–Kier alpha value is -0.570. The van der Waals surface area contributed by atoms with Crippen molar-refractivity contribution >= 4 is 11.6 Å². The molecule has 0 bridgehead atoms. The summed E-state index contributed by atoms with van der Waals surface area (Å²) in [5, 5.41) is 0.629. The van der Waals surface area contributed by atoms with E-state index < -0.39 is 5.72 Å². The Morgan fingerprint density at radius 1 is 1.42 bits per heavy atom. The summed E-state index contributed by atoms with van der Waals surface area (Å²) in [5.41, 5.74) is 5.82. The molecule has 1 rings (SSSR count). The highest BCUT2D eigenvalue weighted by atomic mass is 35.5. The van der Waals surface area contributed by atoms with Crippen molar-refractivity contribution in [2.75, 3.05) is 7.11 Å². The molecule has 1 aromatic carbocycles. The first-order chi connectivity index (χ1) is 5.58. The maximum absolute atomic E-state index is 5.93. The molecule has 0 spiro atoms. The van der Waals surface area contributed by atoms with Crippen LogP contribution in [0.25, 0.3) is 0 Å². The van der Waals surface area contributed by atoms with E-state index in [2.05, 4.69) is 0 Å². The molecule has 66 valence electrons. The number of halogens is 1. The first-order valence-electron chi connectivity index (χ1n) is 3.67. The number of hydrogen-bond acceptors (Lipinski definition) is 2. The fourth-order valence-electron chi connectivity index (χ4n) is 0.974. The quantitative estimate of drug-likeness (QED) is 0.717. The largest absolute Gasteiger partial charge is 0.360 e. The van der Waals surface area contributed by atoms with Crippen molar-refractivity contribution in [3.05, 3.63) is 34.9 Å². The van der Waals surface area contributed by atoms with Gasteiger partial charge in [-0.3, -0.25) is 5.73 Å². The molecule has 0 aromatic heterocycles. The van der Waals surface area contributed by atoms with Crippen LogP contribution in [0, 0.1) is 0 Å². The molecular weight excluding hydrogens is 174 g/mol. The van der Waals surface area contributed by atoms with Gasteiger partial charge in [0, 0.05) is 17.7 Å². The minimum atomic E-state index is -0.807. The Balaban J connectivity index is 3.10. The van der Waals surface area contributed by atoms with Crippen LogP contribution in [0.1, 0.15) is 12.5 Å². The van der Waals surface area contributed by atoms with Gasteiger partial charge in [0.25, 0.3) is 0 Å². The molecule has 0 saturated heterocycles. The maximum Gasteiger partial charge on any atom is 0.141 e. The van der Waals surface area contributed by atoms with E-state index in [9.17, 15) is 0 Å². The second-order valence-electron chi connectivity index (χ2n) is 2.79. The lowest BCUT2D eigenvalue weighted by Crippen LogP contribution is -2.35. The summed E-state index contributed by atoms with van der Waals surface area (Å²) in [6.07, 6.45) is 0. The molecule has 0 fully saturated rings. The van der Waals surface area contributed by atoms with Gasteiger partial charge in [-0.1, -0.05) is 29.8 Å². The molecule has 1 atom stereocenters. The van der Waals surface area contributed by atoms with Crippen LogP contribution in [0.2, 0.25) is 5.02 Å². The van der Waals surface area contributed by atoms with Gasteiger partial charge >= 0.3 is 0 Å². The topological polar surface area (TPSA) is 35.2 Å². The number of benzene rings is 1. The summed E-state index contributed by atoms with van der Waals surface area (Å²) in [6, 6.07) is 7.38. The zero-order chi connectivity index (χ0) is 9.19. The number of methoxy groups -OCH3 is 1. The summed E-state index contributed by atoms with van der Waals surface area (Å²) < 4.78 is 5.10. The molecule has 1 unspecified atom stereocenters. The van der Waals surface area contributed by atoms with Gasteiger partial charge < -0.3 is 4.74 Å². The normalized spacial score (nSPS) is 15.7. The molecule has 0 radical (unpaired) electrons. The molecule has 0 heterocycles. The van der Waals surface area contributed by atoms with E-state index in [1.165, 1.54) is 0 Å². The molecule has 0 amide bonds. The molecular formula is C9H12ClNO. The smallest absolute Gasteiger partial charge is 0.141 e. The average molecular weight is 186 g/mol. The molecule has 1 aromatic rings. The van der Waals surface area contributed by atoms with Gasteiger partial charge in [-0.25, -0.2) is 0 Å². The van der Waals surface area contributed by atoms with E-state index in [1.807, 2.05) is 18.2 Å². The molecule has 2 nitrogen and oxygen atoms in total. The maximum atomic E-state index is 5.93. The van der Waals surface area contributed by atoms with Crippen molar-refractivity contribution in [1.29, 1.82) is 0 Å². The monoisotopic (exact) mass is 185 g/mol. The lowest BCUT2D eigenvalue weighted by Gasteiger charge is -2.24. The summed E-state index contributed by atoms with van der Waals surface area (Å²) in [4.78, 5) is 0. The van der Waals surface area contributed by atoms with E-state index in [4.69, 9.17) is 22.1 Å². The zero-order valence-electron chi connectivity index (χ0n) is 7.17. The van der Waals surface area contributed by atoms with Gasteiger partial charge in [0.05, 0.1) is 0 Å². The lowest BCUT2D eigenvalue weighted by atomic mass is 10.1. The minimum Gasteiger partial charge on any atom is -0.360 e. The molecule has 12 heavy (non-hydrogen) atoms. The van der Waals surface area contributed by atoms with E-state index in [1.54, 1.807) is 20.1 Å². The van der Waals surface area contributed by atoms with Crippen LogP contribution in [0.4, 0.5) is 0 Å². The van der Waals surface area contributed by atoms with Gasteiger partial charge in [-0.05, 0) is 13.0 Å².